The van der Waals surface area contributed by atoms with Gasteiger partial charge in [0.05, 0.1) is 0 Å². The zero-order valence-electron chi connectivity index (χ0n) is 15.9. The molecule has 1 aromatic rings. The Bertz CT molecular complexity index is 865. The lowest BCUT2D eigenvalue weighted by atomic mass is 9.67. The van der Waals surface area contributed by atoms with Crippen molar-refractivity contribution >= 4 is 11.8 Å². The van der Waals surface area contributed by atoms with E-state index in [0.29, 0.717) is 19.5 Å². The summed E-state index contributed by atoms with van der Waals surface area (Å²) in [6, 6.07) is 6.27. The minimum absolute atomic E-state index is 0.0248. The third-order valence-electron chi connectivity index (χ3n) is 7.31. The highest BCUT2D eigenvalue weighted by Gasteiger charge is 2.59. The molecule has 0 aromatic heterocycles. The normalized spacial score (nSPS) is 35.7. The number of nitrogens with one attached hydrogen (secondary N) is 1. The first-order valence-electron chi connectivity index (χ1n) is 10.1. The van der Waals surface area contributed by atoms with Gasteiger partial charge in [0.1, 0.15) is 5.75 Å². The number of ether oxygens (including phenoxy) is 1. The van der Waals surface area contributed by atoms with Gasteiger partial charge in [0, 0.05) is 36.4 Å². The molecular formula is C21H23F3N2O3. The summed E-state index contributed by atoms with van der Waals surface area (Å²) in [4.78, 5) is 26.3. The van der Waals surface area contributed by atoms with Crippen LogP contribution in [-0.2, 0) is 15.0 Å². The van der Waals surface area contributed by atoms with Gasteiger partial charge in [-0.25, -0.2) is 0 Å². The standard InChI is InChI=1S/C21H23F3N2O3/c22-21(23,24)29-16-3-1-2-14(8-16)20-6-7-26(12-15(20)11-20)18(28)13-9-19(10-13)5-4-17(27)25-19/h1-3,8,13,15H,4-7,9-12H2,(H,25,27)/t13?,15?,19?,20-/m0/s1. The van der Waals surface area contributed by atoms with E-state index in [0.717, 1.165) is 37.7 Å². The summed E-state index contributed by atoms with van der Waals surface area (Å²) in [5.41, 5.74) is 0.574. The Kier molecular flexibility index (Phi) is 3.96. The Balaban J connectivity index is 1.21. The van der Waals surface area contributed by atoms with Gasteiger partial charge in [0.25, 0.3) is 0 Å². The third-order valence-corrected chi connectivity index (χ3v) is 7.31. The monoisotopic (exact) mass is 408 g/mol. The average molecular weight is 408 g/mol. The first kappa shape index (κ1) is 18.8. The Labute approximate surface area is 166 Å². The van der Waals surface area contributed by atoms with E-state index >= 15 is 0 Å². The van der Waals surface area contributed by atoms with Gasteiger partial charge in [0.15, 0.2) is 0 Å². The van der Waals surface area contributed by atoms with Gasteiger partial charge >= 0.3 is 6.36 Å². The molecule has 156 valence electrons. The lowest BCUT2D eigenvalue weighted by Gasteiger charge is -2.46. The molecule has 0 bridgehead atoms. The van der Waals surface area contributed by atoms with Crippen LogP contribution in [0.4, 0.5) is 13.2 Å². The van der Waals surface area contributed by atoms with Crippen LogP contribution in [0.3, 0.4) is 0 Å². The van der Waals surface area contributed by atoms with E-state index in [2.05, 4.69) is 10.1 Å². The molecule has 4 fully saturated rings. The molecule has 1 unspecified atom stereocenters. The number of carbonyl (C=O) groups is 2. The molecule has 0 radical (unpaired) electrons. The maximum atomic E-state index is 12.9. The average Bonchev–Trinajstić information content (AvgIpc) is 3.24. The molecule has 4 aliphatic rings. The highest BCUT2D eigenvalue weighted by atomic mass is 19.4. The fourth-order valence-corrected chi connectivity index (χ4v) is 5.72. The van der Waals surface area contributed by atoms with Crippen LogP contribution < -0.4 is 10.1 Å². The predicted molar refractivity (Wildman–Crippen MR) is 96.9 cm³/mol. The van der Waals surface area contributed by atoms with E-state index in [1.165, 1.54) is 12.1 Å². The summed E-state index contributed by atoms with van der Waals surface area (Å²) < 4.78 is 41.6. The Morgan fingerprint density at radius 2 is 2.00 bits per heavy atom. The van der Waals surface area contributed by atoms with Gasteiger partial charge in [0.2, 0.25) is 11.8 Å². The number of alkyl halides is 3. The highest BCUT2D eigenvalue weighted by molar-refractivity contribution is 5.84. The number of hydrogen-bond donors (Lipinski definition) is 1. The van der Waals surface area contributed by atoms with Crippen LogP contribution in [0.2, 0.25) is 0 Å². The molecular weight excluding hydrogens is 385 g/mol. The highest BCUT2D eigenvalue weighted by Crippen LogP contribution is 2.60. The number of carbonyl (C=O) groups excluding carboxylic acids is 2. The van der Waals surface area contributed by atoms with Crippen LogP contribution in [0, 0.1) is 11.8 Å². The van der Waals surface area contributed by atoms with E-state index in [4.69, 9.17) is 0 Å². The van der Waals surface area contributed by atoms with Gasteiger partial charge in [-0.05, 0) is 55.7 Å². The number of amides is 2. The lowest BCUT2D eigenvalue weighted by Crippen LogP contribution is -2.57. The molecule has 1 aromatic carbocycles. The first-order chi connectivity index (χ1) is 13.7. The van der Waals surface area contributed by atoms with Crippen LogP contribution in [0.15, 0.2) is 24.3 Å². The Hall–Kier alpha value is -2.25. The second-order valence-corrected chi connectivity index (χ2v) is 9.10. The summed E-state index contributed by atoms with van der Waals surface area (Å²) in [5, 5.41) is 3.02. The second kappa shape index (κ2) is 6.12. The van der Waals surface area contributed by atoms with Gasteiger partial charge in [-0.1, -0.05) is 12.1 Å². The van der Waals surface area contributed by atoms with Crippen LogP contribution >= 0.6 is 0 Å². The zero-order chi connectivity index (χ0) is 20.4. The number of halogens is 3. The molecule has 2 atom stereocenters. The lowest BCUT2D eigenvalue weighted by molar-refractivity contribution is -0.274. The smallest absolute Gasteiger partial charge is 0.406 e. The van der Waals surface area contributed by atoms with E-state index in [-0.39, 0.29) is 40.4 Å². The largest absolute Gasteiger partial charge is 0.573 e. The molecule has 1 spiro atoms. The number of fused-ring (bicyclic) bond motifs is 1. The second-order valence-electron chi connectivity index (χ2n) is 9.10. The van der Waals surface area contributed by atoms with Crippen molar-refractivity contribution in [3.63, 3.8) is 0 Å². The van der Waals surface area contributed by atoms with Gasteiger partial charge in [-0.3, -0.25) is 9.59 Å². The summed E-state index contributed by atoms with van der Waals surface area (Å²) >= 11 is 0. The van der Waals surface area contributed by atoms with E-state index in [1.807, 2.05) is 11.0 Å². The van der Waals surface area contributed by atoms with Crippen molar-refractivity contribution in [1.29, 1.82) is 0 Å². The molecule has 2 aliphatic carbocycles. The summed E-state index contributed by atoms with van der Waals surface area (Å²) in [5.74, 6) is 0.302. The minimum atomic E-state index is -4.70. The zero-order valence-corrected chi connectivity index (χ0v) is 15.9. The van der Waals surface area contributed by atoms with Crippen LogP contribution in [0.25, 0.3) is 0 Å². The SMILES string of the molecule is O=C1CCC2(CC(C(=O)N3CC[C@@]4(c5cccc(OC(F)(F)F)c5)CC4C3)C2)N1. The van der Waals surface area contributed by atoms with Crippen molar-refractivity contribution in [2.24, 2.45) is 11.8 Å². The maximum absolute atomic E-state index is 12.9. The van der Waals surface area contributed by atoms with E-state index in [1.54, 1.807) is 6.07 Å². The summed E-state index contributed by atoms with van der Waals surface area (Å²) in [6.45, 7) is 1.27. The molecule has 29 heavy (non-hydrogen) atoms. The van der Waals surface area contributed by atoms with Crippen LogP contribution in [0.1, 0.15) is 44.1 Å². The maximum Gasteiger partial charge on any atom is 0.573 e. The number of nitrogens with zero attached hydrogens (tertiary/aromatic N) is 1. The van der Waals surface area contributed by atoms with Crippen molar-refractivity contribution in [3.8, 4) is 5.75 Å². The van der Waals surface area contributed by atoms with E-state index < -0.39 is 6.36 Å². The van der Waals surface area contributed by atoms with Gasteiger partial charge < -0.3 is 15.0 Å². The fraction of sp³-hybridized carbons (Fsp3) is 0.619. The van der Waals surface area contributed by atoms with Gasteiger partial charge in [-0.15, -0.1) is 13.2 Å². The molecule has 2 aliphatic heterocycles. The molecule has 2 saturated heterocycles. The minimum Gasteiger partial charge on any atom is -0.406 e. The Morgan fingerprint density at radius 1 is 1.21 bits per heavy atom. The molecule has 2 saturated carbocycles. The van der Waals surface area contributed by atoms with Gasteiger partial charge in [-0.2, -0.15) is 0 Å². The molecule has 2 amide bonds. The topological polar surface area (TPSA) is 58.6 Å². The molecule has 8 heteroatoms. The summed E-state index contributed by atoms with van der Waals surface area (Å²) in [7, 11) is 0. The number of hydrogen-bond acceptors (Lipinski definition) is 3. The molecule has 5 rings (SSSR count). The molecule has 5 nitrogen and oxygen atoms in total. The van der Waals surface area contributed by atoms with Crippen LogP contribution in [0.5, 0.6) is 5.75 Å². The number of benzene rings is 1. The number of rotatable bonds is 3. The molecule has 1 N–H and O–H groups in total. The Morgan fingerprint density at radius 3 is 2.66 bits per heavy atom. The first-order valence-corrected chi connectivity index (χ1v) is 10.1. The fourth-order valence-electron chi connectivity index (χ4n) is 5.72. The van der Waals surface area contributed by atoms with E-state index in [9.17, 15) is 22.8 Å². The quantitative estimate of drug-likeness (QED) is 0.836. The summed E-state index contributed by atoms with van der Waals surface area (Å²) in [6.07, 6.45) is -0.246. The van der Waals surface area contributed by atoms with Crippen molar-refractivity contribution in [2.75, 3.05) is 13.1 Å². The van der Waals surface area contributed by atoms with Crippen molar-refractivity contribution in [1.82, 2.24) is 10.2 Å². The molecule has 2 heterocycles. The third kappa shape index (κ3) is 3.26. The predicted octanol–water partition coefficient (Wildman–Crippen LogP) is 3.13. The van der Waals surface area contributed by atoms with Crippen molar-refractivity contribution in [2.45, 2.75) is 55.8 Å². The number of likely N-dealkylation sites (tertiary alicyclic amines) is 1. The van der Waals surface area contributed by atoms with Crippen molar-refractivity contribution in [3.05, 3.63) is 29.8 Å². The van der Waals surface area contributed by atoms with Crippen LogP contribution in [-0.4, -0.2) is 41.7 Å². The van der Waals surface area contributed by atoms with Crippen molar-refractivity contribution < 1.29 is 27.5 Å². The number of piperidine rings is 1.